The predicted octanol–water partition coefficient (Wildman–Crippen LogP) is 1.53. The molecule has 2 rings (SSSR count). The number of hydrogen-bond donors (Lipinski definition) is 2. The molecule has 3 N–H and O–H groups in total. The van der Waals surface area contributed by atoms with E-state index >= 15 is 0 Å². The molecule has 0 heterocycles. The second kappa shape index (κ2) is 6.43. The molecule has 0 unspecified atom stereocenters. The summed E-state index contributed by atoms with van der Waals surface area (Å²) in [7, 11) is -3.88. The van der Waals surface area contributed by atoms with Crippen LogP contribution in [0.3, 0.4) is 0 Å². The number of fused-ring (bicyclic) bond motifs is 1. The number of nitrogens with two attached hydrogens (primary N) is 1. The Bertz CT molecular complexity index is 898. The van der Waals surface area contributed by atoms with Crippen molar-refractivity contribution < 1.29 is 16.6 Å². The molecule has 0 aliphatic rings. The van der Waals surface area contributed by atoms with Crippen LogP contribution in [0.15, 0.2) is 41.3 Å². The Hall–Kier alpha value is -1.63. The largest absolute Gasteiger partial charge is 0.377 e. The molecule has 0 saturated carbocycles. The van der Waals surface area contributed by atoms with Gasteiger partial charge in [-0.1, -0.05) is 24.3 Å². The average molecular weight is 313 g/mol. The van der Waals surface area contributed by atoms with E-state index in [0.29, 0.717) is 17.9 Å². The molecule has 114 valence electrons. The molecular formula is C15H21N3O2S. The predicted molar refractivity (Wildman–Crippen MR) is 87.1 cm³/mol. The van der Waals surface area contributed by atoms with Crippen molar-refractivity contribution in [3.8, 4) is 0 Å². The Morgan fingerprint density at radius 2 is 1.90 bits per heavy atom. The van der Waals surface area contributed by atoms with E-state index in [1.54, 1.807) is 0 Å². The first-order valence-electron chi connectivity index (χ1n) is 9.41. The Kier molecular flexibility index (Phi) is 2.88. The molecule has 0 radical (unpaired) electrons. The van der Waals surface area contributed by atoms with Crippen LogP contribution in [0.2, 0.25) is 0 Å². The third-order valence-electron chi connectivity index (χ3n) is 3.06. The molecule has 0 aliphatic heterocycles. The molecule has 0 spiro atoms. The van der Waals surface area contributed by atoms with Crippen LogP contribution in [-0.2, 0) is 10.0 Å². The Balaban J connectivity index is 2.67. The molecule has 5 nitrogen and oxygen atoms in total. The molecule has 0 aromatic heterocycles. The van der Waals surface area contributed by atoms with Gasteiger partial charge in [0.05, 0.1) is 4.90 Å². The number of sulfonamides is 1. The highest BCUT2D eigenvalue weighted by Gasteiger charge is 2.17. The Morgan fingerprint density at radius 1 is 1.19 bits per heavy atom. The standard InChI is InChI=1S/C15H21N3O2S/c1-18(2)14-8-3-7-13-12(14)6-4-9-15(13)21(19,20)17-11-5-10-16/h3-4,6-9,17H,5,10-11,16H2,1-2H3/i1D3,2D3. The highest BCUT2D eigenvalue weighted by molar-refractivity contribution is 7.89. The van der Waals surface area contributed by atoms with Crippen molar-refractivity contribution in [1.29, 1.82) is 0 Å². The van der Waals surface area contributed by atoms with Gasteiger partial charge in [-0.15, -0.1) is 0 Å². The maximum atomic E-state index is 12.6. The molecule has 6 heteroatoms. The van der Waals surface area contributed by atoms with Gasteiger partial charge >= 0.3 is 0 Å². The fourth-order valence-electron chi connectivity index (χ4n) is 2.08. The van der Waals surface area contributed by atoms with E-state index in [-0.39, 0.29) is 27.9 Å². The first-order chi connectivity index (χ1) is 12.4. The van der Waals surface area contributed by atoms with Gasteiger partial charge in [-0.05, 0) is 25.1 Å². The average Bonchev–Trinajstić information content (AvgIpc) is 2.52. The van der Waals surface area contributed by atoms with Crippen LogP contribution in [0.1, 0.15) is 14.6 Å². The first-order valence-corrected chi connectivity index (χ1v) is 7.90. The van der Waals surface area contributed by atoms with E-state index in [4.69, 9.17) is 14.0 Å². The minimum absolute atomic E-state index is 0.0603. The molecule has 0 saturated heterocycles. The van der Waals surface area contributed by atoms with Crippen molar-refractivity contribution >= 4 is 26.5 Å². The SMILES string of the molecule is [2H]C([2H])([2H])N(c1cccc2c(S(=O)(=O)NCCCN)cccc12)C([2H])([2H])[2H]. The molecule has 0 atom stereocenters. The number of rotatable bonds is 6. The van der Waals surface area contributed by atoms with Gasteiger partial charge in [0.1, 0.15) is 0 Å². The van der Waals surface area contributed by atoms with Crippen LogP contribution in [0.5, 0.6) is 0 Å². The molecule has 2 aromatic carbocycles. The minimum atomic E-state index is -3.88. The van der Waals surface area contributed by atoms with E-state index in [9.17, 15) is 8.42 Å². The lowest BCUT2D eigenvalue weighted by atomic mass is 10.1. The molecule has 0 amide bonds. The number of nitrogens with zero attached hydrogens (tertiary/aromatic N) is 1. The zero-order valence-corrected chi connectivity index (χ0v) is 12.2. The topological polar surface area (TPSA) is 75.4 Å². The van der Waals surface area contributed by atoms with E-state index < -0.39 is 24.0 Å². The second-order valence-corrected chi connectivity index (χ2v) is 6.24. The maximum Gasteiger partial charge on any atom is 0.241 e. The Morgan fingerprint density at radius 3 is 2.62 bits per heavy atom. The summed E-state index contributed by atoms with van der Waals surface area (Å²) in [5.41, 5.74) is 5.28. The van der Waals surface area contributed by atoms with E-state index in [1.807, 2.05) is 0 Å². The molecule has 0 bridgehead atoms. The van der Waals surface area contributed by atoms with Crippen LogP contribution < -0.4 is 15.4 Å². The molecule has 21 heavy (non-hydrogen) atoms. The van der Waals surface area contributed by atoms with E-state index in [1.165, 1.54) is 36.4 Å². The van der Waals surface area contributed by atoms with Gasteiger partial charge in [0.2, 0.25) is 10.0 Å². The normalized spacial score (nSPS) is 17.2. The fraction of sp³-hybridized carbons (Fsp3) is 0.333. The Labute approximate surface area is 134 Å². The van der Waals surface area contributed by atoms with E-state index in [0.717, 1.165) is 0 Å². The van der Waals surface area contributed by atoms with Gasteiger partial charge in [-0.2, -0.15) is 0 Å². The lowest BCUT2D eigenvalue weighted by molar-refractivity contribution is 0.580. The van der Waals surface area contributed by atoms with Crippen LogP contribution in [0.4, 0.5) is 5.69 Å². The lowest BCUT2D eigenvalue weighted by Crippen LogP contribution is -2.26. The number of benzene rings is 2. The molecular weight excluding hydrogens is 286 g/mol. The summed E-state index contributed by atoms with van der Waals surface area (Å²) < 4.78 is 73.3. The van der Waals surface area contributed by atoms with Crippen LogP contribution in [-0.4, -0.2) is 35.5 Å². The smallest absolute Gasteiger partial charge is 0.241 e. The summed E-state index contributed by atoms with van der Waals surface area (Å²) in [6.45, 7) is -5.39. The molecule has 0 fully saturated rings. The third-order valence-corrected chi connectivity index (χ3v) is 4.58. The summed E-state index contributed by atoms with van der Waals surface area (Å²) in [6, 6.07) is 8.61. The third kappa shape index (κ3) is 3.34. The van der Waals surface area contributed by atoms with Gasteiger partial charge in [0.25, 0.3) is 0 Å². The second-order valence-electron chi connectivity index (χ2n) is 4.50. The fourth-order valence-corrected chi connectivity index (χ4v) is 3.37. The van der Waals surface area contributed by atoms with Crippen LogP contribution in [0, 0.1) is 0 Å². The molecule has 2 aromatic rings. The molecule has 0 aliphatic carbocycles. The zero-order chi connectivity index (χ0) is 20.5. The summed E-state index contributed by atoms with van der Waals surface area (Å²) >= 11 is 0. The summed E-state index contributed by atoms with van der Waals surface area (Å²) in [5, 5.41) is 0.445. The van der Waals surface area contributed by atoms with Crippen LogP contribution in [0.25, 0.3) is 10.8 Å². The number of nitrogens with one attached hydrogen (secondary N) is 1. The highest BCUT2D eigenvalue weighted by atomic mass is 32.2. The minimum Gasteiger partial charge on any atom is -0.377 e. The number of anilines is 1. The van der Waals surface area contributed by atoms with Crippen molar-refractivity contribution in [2.45, 2.75) is 11.3 Å². The first kappa shape index (κ1) is 9.40. The highest BCUT2D eigenvalue weighted by Crippen LogP contribution is 2.29. The monoisotopic (exact) mass is 313 g/mol. The van der Waals surface area contributed by atoms with Gasteiger partial charge in [0.15, 0.2) is 0 Å². The summed E-state index contributed by atoms with van der Waals surface area (Å²) in [5.74, 6) is 0. The van der Waals surface area contributed by atoms with Crippen molar-refractivity contribution in [3.63, 3.8) is 0 Å². The quantitative estimate of drug-likeness (QED) is 0.793. The van der Waals surface area contributed by atoms with Crippen molar-refractivity contribution in [3.05, 3.63) is 36.4 Å². The van der Waals surface area contributed by atoms with Gasteiger partial charge in [-0.25, -0.2) is 13.1 Å². The number of hydrogen-bond acceptors (Lipinski definition) is 4. The van der Waals surface area contributed by atoms with Gasteiger partial charge in [-0.3, -0.25) is 0 Å². The van der Waals surface area contributed by atoms with Crippen molar-refractivity contribution in [2.24, 2.45) is 5.73 Å². The maximum absolute atomic E-state index is 12.6. The summed E-state index contributed by atoms with van der Waals surface area (Å²) in [6.07, 6.45) is 0.459. The lowest BCUT2D eigenvalue weighted by Gasteiger charge is -2.17. The zero-order valence-electron chi connectivity index (χ0n) is 17.3. The summed E-state index contributed by atoms with van der Waals surface area (Å²) in [4.78, 5) is 0.288. The van der Waals surface area contributed by atoms with Gasteiger partial charge in [0, 0.05) is 45.2 Å². The van der Waals surface area contributed by atoms with Crippen molar-refractivity contribution in [2.75, 3.05) is 31.9 Å². The van der Waals surface area contributed by atoms with E-state index in [2.05, 4.69) is 4.72 Å². The van der Waals surface area contributed by atoms with Crippen LogP contribution >= 0.6 is 0 Å². The van der Waals surface area contributed by atoms with Gasteiger partial charge < -0.3 is 10.6 Å². The van der Waals surface area contributed by atoms with Crippen molar-refractivity contribution in [1.82, 2.24) is 4.72 Å².